The predicted octanol–water partition coefficient (Wildman–Crippen LogP) is 2.11. The molecule has 0 aliphatic carbocycles. The maximum absolute atomic E-state index is 13.3. The zero-order valence-corrected chi connectivity index (χ0v) is 11.5. The number of benzene rings is 1. The Balaban J connectivity index is 1.77. The Morgan fingerprint density at radius 1 is 1.35 bits per heavy atom. The summed E-state index contributed by atoms with van der Waals surface area (Å²) in [6, 6.07) is 4.46. The highest BCUT2D eigenvalue weighted by Crippen LogP contribution is 2.30. The standard InChI is InChI=1S/C15H18FNO3/c1-11-9-12(3-4-13(11)16)14(18)17-6-2-5-15(10-17)19-7-8-20-15/h3-4,9H,2,5-8,10H2,1H3. The Kier molecular flexibility index (Phi) is 3.48. The molecule has 5 heteroatoms. The highest BCUT2D eigenvalue weighted by Gasteiger charge is 2.42. The molecule has 1 aromatic carbocycles. The van der Waals surface area contributed by atoms with Crippen molar-refractivity contribution in [2.75, 3.05) is 26.3 Å². The third-order valence-electron chi connectivity index (χ3n) is 3.92. The quantitative estimate of drug-likeness (QED) is 0.790. The van der Waals surface area contributed by atoms with Gasteiger partial charge in [-0.15, -0.1) is 0 Å². The molecular weight excluding hydrogens is 261 g/mol. The maximum Gasteiger partial charge on any atom is 0.254 e. The van der Waals surface area contributed by atoms with Crippen LogP contribution in [0.4, 0.5) is 4.39 Å². The lowest BCUT2D eigenvalue weighted by Gasteiger charge is -2.38. The zero-order chi connectivity index (χ0) is 14.2. The number of likely N-dealkylation sites (tertiary alicyclic amines) is 1. The Labute approximate surface area is 117 Å². The van der Waals surface area contributed by atoms with E-state index < -0.39 is 5.79 Å². The molecule has 2 aliphatic heterocycles. The van der Waals surface area contributed by atoms with Crippen molar-refractivity contribution in [3.05, 3.63) is 35.1 Å². The fourth-order valence-corrected chi connectivity index (χ4v) is 2.85. The fourth-order valence-electron chi connectivity index (χ4n) is 2.85. The van der Waals surface area contributed by atoms with E-state index in [-0.39, 0.29) is 11.7 Å². The molecule has 0 aromatic heterocycles. The number of amides is 1. The Bertz CT molecular complexity index is 526. The number of carbonyl (C=O) groups excluding carboxylic acids is 1. The van der Waals surface area contributed by atoms with Crippen molar-refractivity contribution in [1.82, 2.24) is 4.90 Å². The van der Waals surface area contributed by atoms with Crippen LogP contribution in [0, 0.1) is 12.7 Å². The summed E-state index contributed by atoms with van der Waals surface area (Å²) in [5, 5.41) is 0. The van der Waals surface area contributed by atoms with E-state index >= 15 is 0 Å². The summed E-state index contributed by atoms with van der Waals surface area (Å²) >= 11 is 0. The number of hydrogen-bond acceptors (Lipinski definition) is 3. The molecule has 0 unspecified atom stereocenters. The molecule has 2 heterocycles. The SMILES string of the molecule is Cc1cc(C(=O)N2CCCC3(C2)OCCO3)ccc1F. The third kappa shape index (κ3) is 2.43. The lowest BCUT2D eigenvalue weighted by Crippen LogP contribution is -2.51. The van der Waals surface area contributed by atoms with Gasteiger partial charge in [0, 0.05) is 18.5 Å². The summed E-state index contributed by atoms with van der Waals surface area (Å²) in [7, 11) is 0. The lowest BCUT2D eigenvalue weighted by atomic mass is 10.0. The van der Waals surface area contributed by atoms with Crippen molar-refractivity contribution in [3.63, 3.8) is 0 Å². The van der Waals surface area contributed by atoms with Crippen molar-refractivity contribution in [1.29, 1.82) is 0 Å². The van der Waals surface area contributed by atoms with Crippen LogP contribution in [0.15, 0.2) is 18.2 Å². The van der Waals surface area contributed by atoms with Gasteiger partial charge in [0.1, 0.15) is 5.82 Å². The van der Waals surface area contributed by atoms with Crippen LogP contribution in [0.25, 0.3) is 0 Å². The van der Waals surface area contributed by atoms with E-state index in [0.29, 0.717) is 37.4 Å². The number of carbonyl (C=O) groups is 1. The van der Waals surface area contributed by atoms with Crippen LogP contribution in [0.2, 0.25) is 0 Å². The topological polar surface area (TPSA) is 38.8 Å². The number of nitrogens with zero attached hydrogens (tertiary/aromatic N) is 1. The van der Waals surface area contributed by atoms with Gasteiger partial charge >= 0.3 is 0 Å². The van der Waals surface area contributed by atoms with Gasteiger partial charge < -0.3 is 14.4 Å². The molecule has 2 saturated heterocycles. The first-order chi connectivity index (χ1) is 9.60. The normalized spacial score (nSPS) is 21.4. The van der Waals surface area contributed by atoms with Gasteiger partial charge in [0.05, 0.1) is 19.8 Å². The largest absolute Gasteiger partial charge is 0.346 e. The molecule has 1 amide bonds. The number of piperidine rings is 1. The second-order valence-corrected chi connectivity index (χ2v) is 5.40. The second kappa shape index (κ2) is 5.14. The van der Waals surface area contributed by atoms with E-state index in [0.717, 1.165) is 12.8 Å². The van der Waals surface area contributed by atoms with Gasteiger partial charge in [-0.2, -0.15) is 0 Å². The molecule has 20 heavy (non-hydrogen) atoms. The second-order valence-electron chi connectivity index (χ2n) is 5.40. The van der Waals surface area contributed by atoms with E-state index in [2.05, 4.69) is 0 Å². The average Bonchev–Trinajstić information content (AvgIpc) is 2.89. The predicted molar refractivity (Wildman–Crippen MR) is 70.9 cm³/mol. The summed E-state index contributed by atoms with van der Waals surface area (Å²) in [5.74, 6) is -1.01. The molecule has 2 aliphatic rings. The van der Waals surface area contributed by atoms with Gasteiger partial charge in [0.25, 0.3) is 5.91 Å². The monoisotopic (exact) mass is 279 g/mol. The maximum atomic E-state index is 13.3. The summed E-state index contributed by atoms with van der Waals surface area (Å²) in [6.07, 6.45) is 1.67. The lowest BCUT2D eigenvalue weighted by molar-refractivity contribution is -0.183. The number of hydrogen-bond donors (Lipinski definition) is 0. The summed E-state index contributed by atoms with van der Waals surface area (Å²) in [4.78, 5) is 14.2. The molecule has 0 radical (unpaired) electrons. The number of ether oxygens (including phenoxy) is 2. The first-order valence-electron chi connectivity index (χ1n) is 6.93. The van der Waals surface area contributed by atoms with Crippen LogP contribution in [0.3, 0.4) is 0 Å². The molecule has 1 aromatic rings. The Morgan fingerprint density at radius 2 is 2.10 bits per heavy atom. The van der Waals surface area contributed by atoms with Crippen LogP contribution in [0.5, 0.6) is 0 Å². The number of aryl methyl sites for hydroxylation is 1. The first kappa shape index (κ1) is 13.5. The minimum Gasteiger partial charge on any atom is -0.346 e. The minimum absolute atomic E-state index is 0.0914. The van der Waals surface area contributed by atoms with Gasteiger partial charge in [-0.05, 0) is 37.1 Å². The molecular formula is C15H18FNO3. The first-order valence-corrected chi connectivity index (χ1v) is 6.93. The van der Waals surface area contributed by atoms with E-state index in [1.54, 1.807) is 17.9 Å². The molecule has 0 bridgehead atoms. The molecule has 108 valence electrons. The van der Waals surface area contributed by atoms with Crippen molar-refractivity contribution in [3.8, 4) is 0 Å². The Hall–Kier alpha value is -1.46. The van der Waals surface area contributed by atoms with Crippen molar-refractivity contribution in [2.24, 2.45) is 0 Å². The van der Waals surface area contributed by atoms with Crippen LogP contribution in [-0.4, -0.2) is 42.9 Å². The minimum atomic E-state index is -0.622. The molecule has 0 atom stereocenters. The number of halogens is 1. The number of rotatable bonds is 1. The molecule has 0 N–H and O–H groups in total. The van der Waals surface area contributed by atoms with Crippen LogP contribution >= 0.6 is 0 Å². The van der Waals surface area contributed by atoms with Crippen molar-refractivity contribution >= 4 is 5.91 Å². The van der Waals surface area contributed by atoms with Gasteiger partial charge in [0.15, 0.2) is 5.79 Å². The highest BCUT2D eigenvalue weighted by molar-refractivity contribution is 5.94. The van der Waals surface area contributed by atoms with Gasteiger partial charge in [-0.1, -0.05) is 0 Å². The van der Waals surface area contributed by atoms with Gasteiger partial charge in [-0.25, -0.2) is 4.39 Å². The zero-order valence-electron chi connectivity index (χ0n) is 11.5. The highest BCUT2D eigenvalue weighted by atomic mass is 19.1. The molecule has 4 nitrogen and oxygen atoms in total. The van der Waals surface area contributed by atoms with Crippen LogP contribution < -0.4 is 0 Å². The van der Waals surface area contributed by atoms with E-state index in [4.69, 9.17) is 9.47 Å². The molecule has 1 spiro atoms. The smallest absolute Gasteiger partial charge is 0.254 e. The summed E-state index contributed by atoms with van der Waals surface area (Å²) in [5.41, 5.74) is 0.995. The molecule has 3 rings (SSSR count). The van der Waals surface area contributed by atoms with Crippen molar-refractivity contribution in [2.45, 2.75) is 25.6 Å². The average molecular weight is 279 g/mol. The summed E-state index contributed by atoms with van der Waals surface area (Å²) in [6.45, 7) is 3.95. The molecule has 0 saturated carbocycles. The van der Waals surface area contributed by atoms with E-state index in [9.17, 15) is 9.18 Å². The van der Waals surface area contributed by atoms with E-state index in [1.165, 1.54) is 12.1 Å². The van der Waals surface area contributed by atoms with Crippen LogP contribution in [-0.2, 0) is 9.47 Å². The fraction of sp³-hybridized carbons (Fsp3) is 0.533. The van der Waals surface area contributed by atoms with Gasteiger partial charge in [-0.3, -0.25) is 4.79 Å². The summed E-state index contributed by atoms with van der Waals surface area (Å²) < 4.78 is 24.6. The molecule has 2 fully saturated rings. The van der Waals surface area contributed by atoms with Crippen LogP contribution in [0.1, 0.15) is 28.8 Å². The van der Waals surface area contributed by atoms with Gasteiger partial charge in [0.2, 0.25) is 0 Å². The Morgan fingerprint density at radius 3 is 2.80 bits per heavy atom. The van der Waals surface area contributed by atoms with E-state index in [1.807, 2.05) is 0 Å². The third-order valence-corrected chi connectivity index (χ3v) is 3.92. The van der Waals surface area contributed by atoms with Crippen molar-refractivity contribution < 1.29 is 18.7 Å².